The van der Waals surface area contributed by atoms with Crippen LogP contribution in [0, 0.1) is 0 Å². The molecule has 3 heteroatoms. The molecule has 0 spiro atoms. The minimum Gasteiger partial charge on any atom is -0.311 e. The van der Waals surface area contributed by atoms with E-state index in [-0.39, 0.29) is 0 Å². The molecular formula is C66H45N3. The number of nitrogens with zero attached hydrogens (tertiary/aromatic N) is 3. The fourth-order valence-corrected chi connectivity index (χ4v) is 10.4. The van der Waals surface area contributed by atoms with Crippen molar-refractivity contribution in [2.24, 2.45) is 0 Å². The molecule has 69 heavy (non-hydrogen) atoms. The van der Waals surface area contributed by atoms with Crippen LogP contribution in [0.15, 0.2) is 273 Å². The topological polar surface area (TPSA) is 13.1 Å². The van der Waals surface area contributed by atoms with Crippen LogP contribution in [0.2, 0.25) is 0 Å². The second-order valence-electron chi connectivity index (χ2n) is 17.8. The number of aromatic nitrogens is 2. The summed E-state index contributed by atoms with van der Waals surface area (Å²) in [6, 6.07) is 98.9. The van der Waals surface area contributed by atoms with Gasteiger partial charge in [0, 0.05) is 50.0 Å². The molecule has 0 aliphatic carbocycles. The van der Waals surface area contributed by atoms with Gasteiger partial charge in [-0.3, -0.25) is 0 Å². The molecule has 2 heterocycles. The highest BCUT2D eigenvalue weighted by molar-refractivity contribution is 6.11. The first-order valence-corrected chi connectivity index (χ1v) is 23.7. The number of benzene rings is 11. The van der Waals surface area contributed by atoms with E-state index >= 15 is 0 Å². The van der Waals surface area contributed by atoms with E-state index in [1.54, 1.807) is 0 Å². The molecule has 3 nitrogen and oxygen atoms in total. The van der Waals surface area contributed by atoms with Gasteiger partial charge in [-0.2, -0.15) is 0 Å². The van der Waals surface area contributed by atoms with Crippen LogP contribution in [0.1, 0.15) is 0 Å². The molecular weight excluding hydrogens is 835 g/mol. The Hall–Kier alpha value is -9.18. The van der Waals surface area contributed by atoms with Crippen molar-refractivity contribution in [1.82, 2.24) is 9.13 Å². The maximum Gasteiger partial charge on any atom is 0.0541 e. The first kappa shape index (κ1) is 40.1. The van der Waals surface area contributed by atoms with Gasteiger partial charge in [0.1, 0.15) is 0 Å². The van der Waals surface area contributed by atoms with Crippen molar-refractivity contribution in [3.8, 4) is 55.9 Å². The Kier molecular flexibility index (Phi) is 9.84. The lowest BCUT2D eigenvalue weighted by Crippen LogP contribution is -2.09. The van der Waals surface area contributed by atoms with E-state index in [0.717, 1.165) is 22.7 Å². The monoisotopic (exact) mass is 879 g/mol. The van der Waals surface area contributed by atoms with Crippen LogP contribution in [0.4, 0.5) is 17.1 Å². The Bertz CT molecular complexity index is 3940. The van der Waals surface area contributed by atoms with Crippen LogP contribution in [-0.4, -0.2) is 9.13 Å². The van der Waals surface area contributed by atoms with Crippen molar-refractivity contribution in [3.05, 3.63) is 273 Å². The van der Waals surface area contributed by atoms with Crippen LogP contribution in [0.5, 0.6) is 0 Å². The summed E-state index contributed by atoms with van der Waals surface area (Å²) < 4.78 is 4.73. The molecule has 324 valence electrons. The molecule has 0 aliphatic heterocycles. The Morgan fingerprint density at radius 2 is 0.478 bits per heavy atom. The SMILES string of the molecule is c1ccc(-c2ccc(N(c3ccc(-c4ccc(-c5ccc6c(c5)c5ccccc5n6-c5ccccc5)cc4)cc3)c3ccc(-c4ccc5c(c4)c4ccccc4n5-c4ccccc4)cc3)cc2)cc1. The normalized spacial score (nSPS) is 11.5. The van der Waals surface area contributed by atoms with Crippen molar-refractivity contribution in [2.75, 3.05) is 4.90 Å². The minimum absolute atomic E-state index is 1.09. The van der Waals surface area contributed by atoms with Gasteiger partial charge in [0.2, 0.25) is 0 Å². The molecule has 13 aromatic rings. The first-order chi connectivity index (χ1) is 34.2. The molecule has 0 N–H and O–H groups in total. The second kappa shape index (κ2) is 16.9. The summed E-state index contributed by atoms with van der Waals surface area (Å²) in [5.41, 5.74) is 20.0. The largest absolute Gasteiger partial charge is 0.311 e. The van der Waals surface area contributed by atoms with E-state index in [1.807, 2.05) is 0 Å². The molecule has 2 aromatic heterocycles. The van der Waals surface area contributed by atoms with Crippen LogP contribution < -0.4 is 4.90 Å². The van der Waals surface area contributed by atoms with Gasteiger partial charge in [-0.15, -0.1) is 0 Å². The number of rotatable bonds is 9. The Morgan fingerprint density at radius 1 is 0.203 bits per heavy atom. The molecule has 0 bridgehead atoms. The maximum absolute atomic E-state index is 2.37. The molecule has 13 rings (SSSR count). The first-order valence-electron chi connectivity index (χ1n) is 23.7. The number of hydrogen-bond donors (Lipinski definition) is 0. The van der Waals surface area contributed by atoms with Gasteiger partial charge in [-0.05, 0) is 142 Å². The standard InChI is InChI=1S/C66H45N3/c1-4-14-46(15-5-1)48-28-36-56(37-29-48)67(58-40-32-51(33-41-58)53-35-43-66-62(45-53)60-21-11-13-23-64(60)69(66)55-18-8-3-9-19-55)57-38-30-49(31-39-57)47-24-26-50(27-25-47)52-34-42-65-61(44-52)59-20-10-12-22-63(59)68(65)54-16-6-2-7-17-54/h1-45H. The van der Waals surface area contributed by atoms with Gasteiger partial charge in [-0.1, -0.05) is 176 Å². The van der Waals surface area contributed by atoms with E-state index in [9.17, 15) is 0 Å². The van der Waals surface area contributed by atoms with Gasteiger partial charge >= 0.3 is 0 Å². The fraction of sp³-hybridized carbons (Fsp3) is 0. The molecule has 0 saturated carbocycles. The zero-order valence-electron chi connectivity index (χ0n) is 37.8. The van der Waals surface area contributed by atoms with Crippen LogP contribution in [0.25, 0.3) is 99.5 Å². The van der Waals surface area contributed by atoms with Crippen molar-refractivity contribution in [2.45, 2.75) is 0 Å². The van der Waals surface area contributed by atoms with E-state index in [2.05, 4.69) is 287 Å². The minimum atomic E-state index is 1.09. The van der Waals surface area contributed by atoms with Crippen LogP contribution >= 0.6 is 0 Å². The van der Waals surface area contributed by atoms with Crippen LogP contribution in [-0.2, 0) is 0 Å². The van der Waals surface area contributed by atoms with Crippen molar-refractivity contribution in [1.29, 1.82) is 0 Å². The Balaban J connectivity index is 0.822. The van der Waals surface area contributed by atoms with E-state index in [4.69, 9.17) is 0 Å². The second-order valence-corrected chi connectivity index (χ2v) is 17.8. The summed E-state index contributed by atoms with van der Waals surface area (Å²) in [6.45, 7) is 0. The summed E-state index contributed by atoms with van der Waals surface area (Å²) in [4.78, 5) is 2.35. The molecule has 0 fully saturated rings. The van der Waals surface area contributed by atoms with Crippen molar-refractivity contribution in [3.63, 3.8) is 0 Å². The summed E-state index contributed by atoms with van der Waals surface area (Å²) in [5.74, 6) is 0. The molecule has 0 aliphatic rings. The quantitative estimate of drug-likeness (QED) is 0.141. The zero-order valence-corrected chi connectivity index (χ0v) is 37.8. The third-order valence-electron chi connectivity index (χ3n) is 13.7. The molecule has 0 atom stereocenters. The fourth-order valence-electron chi connectivity index (χ4n) is 10.4. The summed E-state index contributed by atoms with van der Waals surface area (Å²) >= 11 is 0. The molecule has 11 aromatic carbocycles. The highest BCUT2D eigenvalue weighted by Crippen LogP contribution is 2.40. The predicted molar refractivity (Wildman–Crippen MR) is 292 cm³/mol. The molecule has 0 radical (unpaired) electrons. The Morgan fingerprint density at radius 3 is 0.870 bits per heavy atom. The van der Waals surface area contributed by atoms with E-state index < -0.39 is 0 Å². The van der Waals surface area contributed by atoms with Crippen molar-refractivity contribution >= 4 is 60.7 Å². The van der Waals surface area contributed by atoms with Crippen LogP contribution in [0.3, 0.4) is 0 Å². The number of anilines is 3. The van der Waals surface area contributed by atoms with Gasteiger partial charge in [0.05, 0.1) is 22.1 Å². The Labute approximate surface area is 401 Å². The van der Waals surface area contributed by atoms with Gasteiger partial charge in [0.25, 0.3) is 0 Å². The predicted octanol–water partition coefficient (Wildman–Crippen LogP) is 18.0. The highest BCUT2D eigenvalue weighted by Gasteiger charge is 2.17. The molecule has 0 amide bonds. The molecule has 0 saturated heterocycles. The van der Waals surface area contributed by atoms with Gasteiger partial charge in [-0.25, -0.2) is 0 Å². The lowest BCUT2D eigenvalue weighted by molar-refractivity contribution is 1.18. The maximum atomic E-state index is 2.37. The zero-order chi connectivity index (χ0) is 45.7. The van der Waals surface area contributed by atoms with E-state index in [0.29, 0.717) is 0 Å². The third-order valence-corrected chi connectivity index (χ3v) is 13.7. The summed E-state index contributed by atoms with van der Waals surface area (Å²) in [6.07, 6.45) is 0. The number of fused-ring (bicyclic) bond motifs is 6. The number of hydrogen-bond acceptors (Lipinski definition) is 1. The molecule has 0 unspecified atom stereocenters. The average molecular weight is 880 g/mol. The lowest BCUT2D eigenvalue weighted by Gasteiger charge is -2.26. The van der Waals surface area contributed by atoms with Crippen molar-refractivity contribution < 1.29 is 0 Å². The summed E-state index contributed by atoms with van der Waals surface area (Å²) in [7, 11) is 0. The van der Waals surface area contributed by atoms with E-state index in [1.165, 1.54) is 93.8 Å². The number of para-hydroxylation sites is 4. The average Bonchev–Trinajstić information content (AvgIpc) is 3.95. The summed E-state index contributed by atoms with van der Waals surface area (Å²) in [5, 5.41) is 5.01. The van der Waals surface area contributed by atoms with Gasteiger partial charge < -0.3 is 14.0 Å². The smallest absolute Gasteiger partial charge is 0.0541 e. The highest BCUT2D eigenvalue weighted by atomic mass is 15.1. The third kappa shape index (κ3) is 7.16. The lowest BCUT2D eigenvalue weighted by atomic mass is 9.98. The van der Waals surface area contributed by atoms with Gasteiger partial charge in [0.15, 0.2) is 0 Å².